The minimum absolute atomic E-state index is 0.135. The van der Waals surface area contributed by atoms with Gasteiger partial charge in [-0.15, -0.1) is 0 Å². The standard InChI is InChI=1S/C13H27NO3S/c1-11(2)8-13(6-4-5-7-13)10-14-18(16,17)12(3)9-15/h11-12,14-15H,4-10H2,1-3H3. The van der Waals surface area contributed by atoms with Crippen LogP contribution in [0, 0.1) is 11.3 Å². The van der Waals surface area contributed by atoms with Crippen molar-refractivity contribution in [3.05, 3.63) is 0 Å². The van der Waals surface area contributed by atoms with Gasteiger partial charge in [-0.05, 0) is 37.5 Å². The highest BCUT2D eigenvalue weighted by Crippen LogP contribution is 2.42. The Morgan fingerprint density at radius 3 is 2.22 bits per heavy atom. The van der Waals surface area contributed by atoms with Crippen LogP contribution in [0.1, 0.15) is 52.9 Å². The molecule has 1 atom stereocenters. The summed E-state index contributed by atoms with van der Waals surface area (Å²) in [5.74, 6) is 0.586. The second-order valence-corrected chi connectivity index (χ2v) is 8.35. The van der Waals surface area contributed by atoms with Crippen LogP contribution in [0.5, 0.6) is 0 Å². The molecule has 0 bridgehead atoms. The van der Waals surface area contributed by atoms with Crippen molar-refractivity contribution in [2.45, 2.75) is 58.1 Å². The summed E-state index contributed by atoms with van der Waals surface area (Å²) >= 11 is 0. The molecule has 0 saturated heterocycles. The third-order valence-electron chi connectivity index (χ3n) is 3.94. The molecule has 0 aliphatic heterocycles. The summed E-state index contributed by atoms with van der Waals surface area (Å²) in [6.45, 7) is 6.10. The van der Waals surface area contributed by atoms with Gasteiger partial charge in [-0.25, -0.2) is 13.1 Å². The second kappa shape index (κ2) is 6.35. The molecule has 1 unspecified atom stereocenters. The molecular formula is C13H27NO3S. The summed E-state index contributed by atoms with van der Waals surface area (Å²) in [5, 5.41) is 8.23. The summed E-state index contributed by atoms with van der Waals surface area (Å²) in [7, 11) is -3.37. The Labute approximate surface area is 111 Å². The van der Waals surface area contributed by atoms with Crippen molar-refractivity contribution in [1.29, 1.82) is 0 Å². The first-order valence-electron chi connectivity index (χ1n) is 6.91. The lowest BCUT2D eigenvalue weighted by Crippen LogP contribution is -2.41. The molecule has 0 heterocycles. The molecule has 2 N–H and O–H groups in total. The number of aliphatic hydroxyl groups is 1. The van der Waals surface area contributed by atoms with E-state index in [1.165, 1.54) is 19.8 Å². The van der Waals surface area contributed by atoms with Crippen LogP contribution in [0.4, 0.5) is 0 Å². The molecule has 18 heavy (non-hydrogen) atoms. The van der Waals surface area contributed by atoms with Crippen molar-refractivity contribution in [1.82, 2.24) is 4.72 Å². The average molecular weight is 277 g/mol. The molecule has 1 saturated carbocycles. The zero-order valence-corrected chi connectivity index (χ0v) is 12.6. The van der Waals surface area contributed by atoms with Gasteiger partial charge in [0.2, 0.25) is 10.0 Å². The Morgan fingerprint density at radius 1 is 1.22 bits per heavy atom. The third kappa shape index (κ3) is 4.21. The lowest BCUT2D eigenvalue weighted by molar-refractivity contribution is 0.235. The van der Waals surface area contributed by atoms with Gasteiger partial charge < -0.3 is 5.11 Å². The van der Waals surface area contributed by atoms with Crippen LogP contribution < -0.4 is 4.72 Å². The van der Waals surface area contributed by atoms with E-state index in [9.17, 15) is 8.42 Å². The fourth-order valence-electron chi connectivity index (χ4n) is 2.94. The Morgan fingerprint density at radius 2 is 1.78 bits per heavy atom. The molecule has 0 aromatic heterocycles. The van der Waals surface area contributed by atoms with E-state index in [0.717, 1.165) is 19.3 Å². The molecular weight excluding hydrogens is 250 g/mol. The van der Waals surface area contributed by atoms with Crippen LogP contribution in [0.2, 0.25) is 0 Å². The largest absolute Gasteiger partial charge is 0.395 e. The number of aliphatic hydroxyl groups excluding tert-OH is 1. The normalized spacial score (nSPS) is 21.4. The molecule has 0 radical (unpaired) electrons. The molecule has 5 heteroatoms. The maximum Gasteiger partial charge on any atom is 0.216 e. The molecule has 0 aromatic rings. The van der Waals surface area contributed by atoms with Gasteiger partial charge in [-0.3, -0.25) is 0 Å². The molecule has 0 amide bonds. The van der Waals surface area contributed by atoms with Crippen LogP contribution in [-0.4, -0.2) is 31.9 Å². The molecule has 1 aliphatic carbocycles. The summed E-state index contributed by atoms with van der Waals surface area (Å²) in [6, 6.07) is 0. The van der Waals surface area contributed by atoms with Crippen molar-refractivity contribution in [2.75, 3.05) is 13.2 Å². The first-order valence-corrected chi connectivity index (χ1v) is 8.45. The lowest BCUT2D eigenvalue weighted by Gasteiger charge is -2.31. The molecule has 0 aromatic carbocycles. The molecule has 1 fully saturated rings. The van der Waals surface area contributed by atoms with E-state index in [1.807, 2.05) is 0 Å². The number of sulfonamides is 1. The number of nitrogens with one attached hydrogen (secondary N) is 1. The number of hydrogen-bond donors (Lipinski definition) is 2. The minimum Gasteiger partial charge on any atom is -0.395 e. The van der Waals surface area contributed by atoms with E-state index < -0.39 is 15.3 Å². The van der Waals surface area contributed by atoms with Crippen LogP contribution in [-0.2, 0) is 10.0 Å². The highest BCUT2D eigenvalue weighted by atomic mass is 32.2. The zero-order chi connectivity index (χ0) is 13.8. The van der Waals surface area contributed by atoms with Crippen molar-refractivity contribution in [3.63, 3.8) is 0 Å². The first kappa shape index (κ1) is 15.9. The third-order valence-corrected chi connectivity index (χ3v) is 5.70. The van der Waals surface area contributed by atoms with Crippen molar-refractivity contribution >= 4 is 10.0 Å². The van der Waals surface area contributed by atoms with E-state index in [1.54, 1.807) is 0 Å². The maximum absolute atomic E-state index is 11.9. The first-order chi connectivity index (χ1) is 8.31. The summed E-state index contributed by atoms with van der Waals surface area (Å²) in [5.41, 5.74) is 0.135. The topological polar surface area (TPSA) is 66.4 Å². The van der Waals surface area contributed by atoms with Gasteiger partial charge in [0, 0.05) is 6.54 Å². The monoisotopic (exact) mass is 277 g/mol. The van der Waals surface area contributed by atoms with Gasteiger partial charge >= 0.3 is 0 Å². The fourth-order valence-corrected chi connectivity index (χ4v) is 3.93. The predicted octanol–water partition coefficient (Wildman–Crippen LogP) is 1.89. The molecule has 0 spiro atoms. The Kier molecular flexibility index (Phi) is 5.62. The van der Waals surface area contributed by atoms with E-state index >= 15 is 0 Å². The fraction of sp³-hybridized carbons (Fsp3) is 1.00. The Balaban J connectivity index is 2.63. The minimum atomic E-state index is -3.37. The smallest absolute Gasteiger partial charge is 0.216 e. The summed E-state index contributed by atoms with van der Waals surface area (Å²) in [6.07, 6.45) is 5.69. The van der Waals surface area contributed by atoms with E-state index in [-0.39, 0.29) is 12.0 Å². The Bertz CT molecular complexity index is 345. The van der Waals surface area contributed by atoms with Crippen LogP contribution in [0.3, 0.4) is 0 Å². The Hall–Kier alpha value is -0.130. The van der Waals surface area contributed by atoms with E-state index in [4.69, 9.17) is 5.11 Å². The highest BCUT2D eigenvalue weighted by molar-refractivity contribution is 7.90. The zero-order valence-electron chi connectivity index (χ0n) is 11.8. The highest BCUT2D eigenvalue weighted by Gasteiger charge is 2.35. The van der Waals surface area contributed by atoms with Gasteiger partial charge in [0.25, 0.3) is 0 Å². The van der Waals surface area contributed by atoms with Gasteiger partial charge in [0.1, 0.15) is 0 Å². The van der Waals surface area contributed by atoms with Crippen molar-refractivity contribution < 1.29 is 13.5 Å². The predicted molar refractivity (Wildman–Crippen MR) is 73.8 cm³/mol. The van der Waals surface area contributed by atoms with E-state index in [0.29, 0.717) is 12.5 Å². The van der Waals surface area contributed by atoms with Crippen LogP contribution in [0.15, 0.2) is 0 Å². The number of hydrogen-bond acceptors (Lipinski definition) is 3. The van der Waals surface area contributed by atoms with Crippen LogP contribution in [0.25, 0.3) is 0 Å². The summed E-state index contributed by atoms with van der Waals surface area (Å²) in [4.78, 5) is 0. The van der Waals surface area contributed by atoms with Gasteiger partial charge in [-0.1, -0.05) is 26.7 Å². The van der Waals surface area contributed by atoms with Gasteiger partial charge in [-0.2, -0.15) is 0 Å². The number of rotatable bonds is 7. The lowest BCUT2D eigenvalue weighted by atomic mass is 9.79. The van der Waals surface area contributed by atoms with Crippen molar-refractivity contribution in [2.24, 2.45) is 11.3 Å². The van der Waals surface area contributed by atoms with E-state index in [2.05, 4.69) is 18.6 Å². The maximum atomic E-state index is 11.9. The molecule has 108 valence electrons. The quantitative estimate of drug-likeness (QED) is 0.747. The SMILES string of the molecule is CC(C)CC1(CNS(=O)(=O)C(C)CO)CCCC1. The van der Waals surface area contributed by atoms with Crippen LogP contribution >= 0.6 is 0 Å². The molecule has 4 nitrogen and oxygen atoms in total. The van der Waals surface area contributed by atoms with Gasteiger partial charge in [0.15, 0.2) is 0 Å². The molecule has 1 aliphatic rings. The van der Waals surface area contributed by atoms with Gasteiger partial charge in [0.05, 0.1) is 11.9 Å². The molecule has 1 rings (SSSR count). The summed E-state index contributed by atoms with van der Waals surface area (Å²) < 4.78 is 26.5. The second-order valence-electron chi connectivity index (χ2n) is 6.16. The van der Waals surface area contributed by atoms with Crippen molar-refractivity contribution in [3.8, 4) is 0 Å². The average Bonchev–Trinajstić information content (AvgIpc) is 2.73.